The standard InChI is InChI=1S/C17H30N2O5/c1-5-23-15(21)9-7-6-8-10-18-11-12-19(13-14(18)20)16(22)24-17(2,3)4/h5-13H2,1-4H3. The maximum absolute atomic E-state index is 12.1. The number of hydrogen-bond donors (Lipinski definition) is 0. The molecule has 0 spiro atoms. The van der Waals surface area contributed by atoms with Crippen LogP contribution in [0.15, 0.2) is 0 Å². The van der Waals surface area contributed by atoms with Crippen LogP contribution in [-0.4, -0.2) is 66.2 Å². The van der Waals surface area contributed by atoms with Crippen LogP contribution >= 0.6 is 0 Å². The summed E-state index contributed by atoms with van der Waals surface area (Å²) in [5.41, 5.74) is -0.559. The fourth-order valence-electron chi connectivity index (χ4n) is 2.41. The van der Waals surface area contributed by atoms with Crippen LogP contribution in [0, 0.1) is 0 Å². The van der Waals surface area contributed by atoms with Crippen LogP contribution in [0.25, 0.3) is 0 Å². The Morgan fingerprint density at radius 2 is 1.83 bits per heavy atom. The minimum absolute atomic E-state index is 0.0579. The Kier molecular flexibility index (Phi) is 8.01. The summed E-state index contributed by atoms with van der Waals surface area (Å²) in [5, 5.41) is 0. The first-order chi connectivity index (χ1) is 11.2. The first-order valence-electron chi connectivity index (χ1n) is 8.64. The maximum Gasteiger partial charge on any atom is 0.410 e. The highest BCUT2D eigenvalue weighted by Crippen LogP contribution is 2.13. The number of carbonyl (C=O) groups is 3. The van der Waals surface area contributed by atoms with E-state index in [4.69, 9.17) is 9.47 Å². The fraction of sp³-hybridized carbons (Fsp3) is 0.824. The lowest BCUT2D eigenvalue weighted by Gasteiger charge is -2.35. The molecule has 0 aromatic carbocycles. The average molecular weight is 342 g/mol. The van der Waals surface area contributed by atoms with E-state index in [-0.39, 0.29) is 18.4 Å². The zero-order chi connectivity index (χ0) is 18.2. The van der Waals surface area contributed by atoms with Gasteiger partial charge in [-0.25, -0.2) is 4.79 Å². The van der Waals surface area contributed by atoms with Gasteiger partial charge in [0, 0.05) is 26.1 Å². The summed E-state index contributed by atoms with van der Waals surface area (Å²) in [5.74, 6) is -0.225. The quantitative estimate of drug-likeness (QED) is 0.524. The molecule has 1 fully saturated rings. The summed E-state index contributed by atoms with van der Waals surface area (Å²) < 4.78 is 10.2. The predicted octanol–water partition coefficient (Wildman–Crippen LogP) is 2.19. The van der Waals surface area contributed by atoms with Crippen molar-refractivity contribution in [2.24, 2.45) is 0 Å². The molecule has 0 radical (unpaired) electrons. The van der Waals surface area contributed by atoms with Crippen molar-refractivity contribution < 1.29 is 23.9 Å². The molecule has 1 saturated heterocycles. The Morgan fingerprint density at radius 1 is 1.12 bits per heavy atom. The molecular weight excluding hydrogens is 312 g/mol. The first-order valence-corrected chi connectivity index (χ1v) is 8.64. The monoisotopic (exact) mass is 342 g/mol. The van der Waals surface area contributed by atoms with E-state index < -0.39 is 11.7 Å². The third kappa shape index (κ3) is 7.66. The van der Waals surface area contributed by atoms with E-state index in [1.54, 1.807) is 32.6 Å². The average Bonchev–Trinajstić information content (AvgIpc) is 2.46. The number of esters is 1. The van der Waals surface area contributed by atoms with E-state index in [9.17, 15) is 14.4 Å². The molecule has 0 unspecified atom stereocenters. The molecule has 0 N–H and O–H groups in total. The summed E-state index contributed by atoms with van der Waals surface area (Å²) in [7, 11) is 0. The van der Waals surface area contributed by atoms with Crippen molar-refractivity contribution in [1.29, 1.82) is 0 Å². The second-order valence-corrected chi connectivity index (χ2v) is 6.90. The van der Waals surface area contributed by atoms with E-state index in [1.807, 2.05) is 0 Å². The SMILES string of the molecule is CCOC(=O)CCCCCN1CCN(C(=O)OC(C)(C)C)CC1=O. The van der Waals surface area contributed by atoms with E-state index in [1.165, 1.54) is 4.90 Å². The van der Waals surface area contributed by atoms with Crippen LogP contribution in [0.2, 0.25) is 0 Å². The van der Waals surface area contributed by atoms with Crippen molar-refractivity contribution in [1.82, 2.24) is 9.80 Å². The van der Waals surface area contributed by atoms with E-state index >= 15 is 0 Å². The maximum atomic E-state index is 12.1. The third-order valence-electron chi connectivity index (χ3n) is 3.58. The predicted molar refractivity (Wildman–Crippen MR) is 89.5 cm³/mol. The molecule has 0 saturated carbocycles. The lowest BCUT2D eigenvalue weighted by molar-refractivity contribution is -0.143. The normalized spacial score (nSPS) is 15.4. The van der Waals surface area contributed by atoms with E-state index in [2.05, 4.69) is 0 Å². The van der Waals surface area contributed by atoms with Gasteiger partial charge in [0.05, 0.1) is 6.61 Å². The number of piperazine rings is 1. The Labute approximate surface area is 144 Å². The Hall–Kier alpha value is -1.79. The van der Waals surface area contributed by atoms with Gasteiger partial charge < -0.3 is 14.4 Å². The number of carbonyl (C=O) groups excluding carboxylic acids is 3. The number of ether oxygens (including phenoxy) is 2. The topological polar surface area (TPSA) is 76.2 Å². The van der Waals surface area contributed by atoms with Gasteiger partial charge in [0.1, 0.15) is 12.1 Å². The van der Waals surface area contributed by atoms with Gasteiger partial charge >= 0.3 is 12.1 Å². The van der Waals surface area contributed by atoms with E-state index in [0.29, 0.717) is 32.7 Å². The van der Waals surface area contributed by atoms with Gasteiger partial charge in [0.15, 0.2) is 0 Å². The highest BCUT2D eigenvalue weighted by Gasteiger charge is 2.29. The molecule has 1 rings (SSSR count). The van der Waals surface area contributed by atoms with Crippen LogP contribution in [0.4, 0.5) is 4.79 Å². The first kappa shape index (κ1) is 20.3. The molecule has 0 bridgehead atoms. The molecule has 1 heterocycles. The molecule has 0 aliphatic carbocycles. The highest BCUT2D eigenvalue weighted by molar-refractivity contribution is 5.83. The van der Waals surface area contributed by atoms with Crippen molar-refractivity contribution in [3.63, 3.8) is 0 Å². The molecule has 7 nitrogen and oxygen atoms in total. The molecule has 2 amide bonds. The Balaban J connectivity index is 2.23. The number of amides is 2. The van der Waals surface area contributed by atoms with Crippen molar-refractivity contribution >= 4 is 18.0 Å². The lowest BCUT2D eigenvalue weighted by Crippen LogP contribution is -2.53. The summed E-state index contributed by atoms with van der Waals surface area (Å²) in [4.78, 5) is 38.5. The van der Waals surface area contributed by atoms with Gasteiger partial charge in [-0.1, -0.05) is 6.42 Å². The lowest BCUT2D eigenvalue weighted by atomic mass is 10.2. The molecular formula is C17H30N2O5. The number of rotatable bonds is 7. The van der Waals surface area contributed by atoms with Gasteiger partial charge in [-0.05, 0) is 40.5 Å². The largest absolute Gasteiger partial charge is 0.466 e. The van der Waals surface area contributed by atoms with Crippen molar-refractivity contribution in [3.05, 3.63) is 0 Å². The Morgan fingerprint density at radius 3 is 2.42 bits per heavy atom. The molecule has 0 aromatic rings. The molecule has 1 aliphatic rings. The second-order valence-electron chi connectivity index (χ2n) is 6.90. The highest BCUT2D eigenvalue weighted by atomic mass is 16.6. The summed E-state index contributed by atoms with van der Waals surface area (Å²) >= 11 is 0. The smallest absolute Gasteiger partial charge is 0.410 e. The third-order valence-corrected chi connectivity index (χ3v) is 3.58. The second kappa shape index (κ2) is 9.49. The molecule has 1 aliphatic heterocycles. The molecule has 138 valence electrons. The zero-order valence-corrected chi connectivity index (χ0v) is 15.3. The number of unbranched alkanes of at least 4 members (excludes halogenated alkanes) is 2. The number of nitrogens with zero attached hydrogens (tertiary/aromatic N) is 2. The van der Waals surface area contributed by atoms with Crippen LogP contribution in [-0.2, 0) is 19.1 Å². The van der Waals surface area contributed by atoms with Gasteiger partial charge in [0.2, 0.25) is 5.91 Å². The van der Waals surface area contributed by atoms with Crippen molar-refractivity contribution in [3.8, 4) is 0 Å². The van der Waals surface area contributed by atoms with Crippen molar-refractivity contribution in [2.75, 3.05) is 32.8 Å². The van der Waals surface area contributed by atoms with Gasteiger partial charge in [-0.15, -0.1) is 0 Å². The minimum atomic E-state index is -0.559. The van der Waals surface area contributed by atoms with Gasteiger partial charge in [-0.3, -0.25) is 14.5 Å². The van der Waals surface area contributed by atoms with Crippen LogP contribution in [0.1, 0.15) is 53.4 Å². The van der Waals surface area contributed by atoms with Crippen LogP contribution in [0.3, 0.4) is 0 Å². The van der Waals surface area contributed by atoms with Gasteiger partial charge in [0.25, 0.3) is 0 Å². The summed E-state index contributed by atoms with van der Waals surface area (Å²) in [6, 6.07) is 0. The molecule has 0 atom stereocenters. The van der Waals surface area contributed by atoms with Gasteiger partial charge in [-0.2, -0.15) is 0 Å². The van der Waals surface area contributed by atoms with Crippen LogP contribution in [0.5, 0.6) is 0 Å². The van der Waals surface area contributed by atoms with Crippen molar-refractivity contribution in [2.45, 2.75) is 59.0 Å². The summed E-state index contributed by atoms with van der Waals surface area (Å²) in [6.45, 7) is 9.36. The summed E-state index contributed by atoms with van der Waals surface area (Å²) in [6.07, 6.45) is 2.47. The number of hydrogen-bond acceptors (Lipinski definition) is 5. The van der Waals surface area contributed by atoms with E-state index in [0.717, 1.165) is 19.3 Å². The molecule has 0 aromatic heterocycles. The zero-order valence-electron chi connectivity index (χ0n) is 15.3. The fourth-order valence-corrected chi connectivity index (χ4v) is 2.41. The minimum Gasteiger partial charge on any atom is -0.466 e. The Bertz CT molecular complexity index is 445. The molecule has 7 heteroatoms. The molecule has 24 heavy (non-hydrogen) atoms. The van der Waals surface area contributed by atoms with Crippen LogP contribution < -0.4 is 0 Å².